The van der Waals surface area contributed by atoms with E-state index in [1.807, 2.05) is 0 Å². The standard InChI is InChI=1S/C9H10N10OS/c1-18-8(20)16-17-9(18)21-7-13-5(15-10)12-6(14-7)19-4-2-3-11-19/h2-4H,10H2,1H3,(H,16,20)(H,12,13,14,15). The van der Waals surface area contributed by atoms with Crippen LogP contribution in [0, 0.1) is 0 Å². The van der Waals surface area contributed by atoms with Crippen LogP contribution >= 0.6 is 11.8 Å². The summed E-state index contributed by atoms with van der Waals surface area (Å²) in [5.41, 5.74) is 2.04. The minimum atomic E-state index is -0.323. The Morgan fingerprint density at radius 2 is 2.24 bits per heavy atom. The molecule has 3 aromatic rings. The third-order valence-electron chi connectivity index (χ3n) is 2.46. The number of hydrogen-bond donors (Lipinski definition) is 3. The molecule has 0 saturated carbocycles. The molecule has 108 valence electrons. The molecule has 0 unspecified atom stereocenters. The lowest BCUT2D eigenvalue weighted by atomic mass is 10.7. The number of aromatic amines is 1. The zero-order valence-corrected chi connectivity index (χ0v) is 11.6. The highest BCUT2D eigenvalue weighted by Gasteiger charge is 2.13. The molecule has 0 aliphatic rings. The minimum Gasteiger partial charge on any atom is -0.292 e. The maximum absolute atomic E-state index is 11.3. The summed E-state index contributed by atoms with van der Waals surface area (Å²) >= 11 is 1.10. The summed E-state index contributed by atoms with van der Waals surface area (Å²) in [4.78, 5) is 23.8. The molecular weight excluding hydrogens is 296 g/mol. The first-order chi connectivity index (χ1) is 10.2. The maximum atomic E-state index is 11.3. The average Bonchev–Trinajstić information content (AvgIpc) is 3.13. The minimum absolute atomic E-state index is 0.179. The summed E-state index contributed by atoms with van der Waals surface area (Å²) in [5, 5.41) is 11.0. The van der Waals surface area contributed by atoms with Crippen LogP contribution in [0.25, 0.3) is 5.95 Å². The van der Waals surface area contributed by atoms with Gasteiger partial charge in [-0.3, -0.25) is 9.99 Å². The molecule has 12 heteroatoms. The molecular formula is C9H10N10OS. The van der Waals surface area contributed by atoms with E-state index >= 15 is 0 Å². The second-order valence-corrected chi connectivity index (χ2v) is 4.74. The molecule has 21 heavy (non-hydrogen) atoms. The van der Waals surface area contributed by atoms with Crippen molar-refractivity contribution in [2.45, 2.75) is 10.3 Å². The maximum Gasteiger partial charge on any atom is 0.343 e. The van der Waals surface area contributed by atoms with Crippen molar-refractivity contribution in [1.29, 1.82) is 0 Å². The first kappa shape index (κ1) is 13.3. The van der Waals surface area contributed by atoms with Gasteiger partial charge >= 0.3 is 5.69 Å². The van der Waals surface area contributed by atoms with Gasteiger partial charge in [0.05, 0.1) is 0 Å². The summed E-state index contributed by atoms with van der Waals surface area (Å²) in [5.74, 6) is 5.83. The Morgan fingerprint density at radius 3 is 2.86 bits per heavy atom. The molecule has 0 amide bonds. The van der Waals surface area contributed by atoms with E-state index in [1.54, 1.807) is 25.5 Å². The van der Waals surface area contributed by atoms with E-state index in [4.69, 9.17) is 5.84 Å². The van der Waals surface area contributed by atoms with Crippen LogP contribution in [0.3, 0.4) is 0 Å². The number of aromatic nitrogens is 8. The van der Waals surface area contributed by atoms with Gasteiger partial charge < -0.3 is 0 Å². The lowest BCUT2D eigenvalue weighted by molar-refractivity contribution is 0.745. The van der Waals surface area contributed by atoms with E-state index in [1.165, 1.54) is 9.25 Å². The normalized spacial score (nSPS) is 10.8. The van der Waals surface area contributed by atoms with Gasteiger partial charge in [0.1, 0.15) is 0 Å². The molecule has 0 bridgehead atoms. The van der Waals surface area contributed by atoms with E-state index < -0.39 is 0 Å². The SMILES string of the molecule is Cn1c(Sc2nc(NN)nc(-n3cccn3)n2)n[nH]c1=O. The van der Waals surface area contributed by atoms with Gasteiger partial charge in [-0.25, -0.2) is 20.4 Å². The molecule has 0 aliphatic heterocycles. The Labute approximate surface area is 121 Å². The van der Waals surface area contributed by atoms with Crippen LogP contribution in [-0.4, -0.2) is 39.5 Å². The third kappa shape index (κ3) is 2.61. The summed E-state index contributed by atoms with van der Waals surface area (Å²) in [6.45, 7) is 0. The molecule has 0 radical (unpaired) electrons. The van der Waals surface area contributed by atoms with Gasteiger partial charge in [0, 0.05) is 19.4 Å². The number of anilines is 1. The number of nitrogens with two attached hydrogens (primary N) is 1. The van der Waals surface area contributed by atoms with Gasteiger partial charge in [0.25, 0.3) is 5.95 Å². The Hall–Kier alpha value is -2.73. The second kappa shape index (κ2) is 5.34. The summed E-state index contributed by atoms with van der Waals surface area (Å²) in [6, 6.07) is 1.74. The number of nitrogens with zero attached hydrogens (tertiary/aromatic N) is 7. The molecule has 0 aliphatic carbocycles. The molecule has 3 heterocycles. The van der Waals surface area contributed by atoms with Crippen molar-refractivity contribution < 1.29 is 0 Å². The third-order valence-corrected chi connectivity index (χ3v) is 3.38. The van der Waals surface area contributed by atoms with Crippen LogP contribution in [0.2, 0.25) is 0 Å². The van der Waals surface area contributed by atoms with Crippen molar-refractivity contribution in [2.75, 3.05) is 5.43 Å². The van der Waals surface area contributed by atoms with Gasteiger partial charge in [0.15, 0.2) is 5.16 Å². The number of rotatable bonds is 4. The van der Waals surface area contributed by atoms with Crippen LogP contribution in [-0.2, 0) is 7.05 Å². The Bertz CT molecular complexity index is 806. The van der Waals surface area contributed by atoms with Crippen molar-refractivity contribution >= 4 is 17.7 Å². The number of H-pyrrole nitrogens is 1. The van der Waals surface area contributed by atoms with Gasteiger partial charge in [-0.15, -0.1) is 5.10 Å². The second-order valence-electron chi connectivity index (χ2n) is 3.81. The quantitative estimate of drug-likeness (QED) is 0.404. The molecule has 3 aromatic heterocycles. The summed E-state index contributed by atoms with van der Waals surface area (Å²) < 4.78 is 2.81. The Balaban J connectivity index is 2.00. The first-order valence-electron chi connectivity index (χ1n) is 5.69. The monoisotopic (exact) mass is 306 g/mol. The molecule has 11 nitrogen and oxygen atoms in total. The first-order valence-corrected chi connectivity index (χ1v) is 6.51. The molecule has 0 atom stereocenters. The number of hydrogen-bond acceptors (Lipinski definition) is 9. The van der Waals surface area contributed by atoms with Crippen molar-refractivity contribution in [3.63, 3.8) is 0 Å². The van der Waals surface area contributed by atoms with Gasteiger partial charge in [-0.1, -0.05) is 0 Å². The van der Waals surface area contributed by atoms with Crippen LogP contribution in [0.5, 0.6) is 0 Å². The van der Waals surface area contributed by atoms with Gasteiger partial charge in [0.2, 0.25) is 11.1 Å². The van der Waals surface area contributed by atoms with E-state index in [9.17, 15) is 4.79 Å². The summed E-state index contributed by atoms with van der Waals surface area (Å²) in [7, 11) is 1.59. The van der Waals surface area contributed by atoms with E-state index in [-0.39, 0.29) is 11.6 Å². The molecule has 0 aromatic carbocycles. The smallest absolute Gasteiger partial charge is 0.292 e. The lowest BCUT2D eigenvalue weighted by Gasteiger charge is -2.05. The van der Waals surface area contributed by atoms with Crippen LogP contribution in [0.4, 0.5) is 5.95 Å². The van der Waals surface area contributed by atoms with E-state index in [2.05, 4.69) is 35.7 Å². The molecule has 0 saturated heterocycles. The Morgan fingerprint density at radius 1 is 1.38 bits per heavy atom. The Kier molecular flexibility index (Phi) is 3.37. The topological polar surface area (TPSA) is 145 Å². The highest BCUT2D eigenvalue weighted by atomic mass is 32.2. The summed E-state index contributed by atoms with van der Waals surface area (Å²) in [6.07, 6.45) is 3.29. The van der Waals surface area contributed by atoms with Crippen LogP contribution < -0.4 is 17.0 Å². The molecule has 0 fully saturated rings. The fourth-order valence-corrected chi connectivity index (χ4v) is 2.18. The predicted molar refractivity (Wildman–Crippen MR) is 72.7 cm³/mol. The molecule has 3 rings (SSSR count). The van der Waals surface area contributed by atoms with Crippen molar-refractivity contribution in [2.24, 2.45) is 12.9 Å². The average molecular weight is 306 g/mol. The lowest BCUT2D eigenvalue weighted by Crippen LogP contribution is -2.15. The molecule has 0 spiro atoms. The predicted octanol–water partition coefficient (Wildman–Crippen LogP) is -1.08. The van der Waals surface area contributed by atoms with E-state index in [0.717, 1.165) is 11.8 Å². The van der Waals surface area contributed by atoms with Crippen LogP contribution in [0.15, 0.2) is 33.6 Å². The van der Waals surface area contributed by atoms with Crippen molar-refractivity contribution in [3.8, 4) is 5.95 Å². The fraction of sp³-hybridized carbons (Fsp3) is 0.111. The number of hydrazine groups is 1. The zero-order valence-electron chi connectivity index (χ0n) is 10.8. The fourth-order valence-electron chi connectivity index (χ4n) is 1.45. The number of nitrogen functional groups attached to an aromatic ring is 1. The van der Waals surface area contributed by atoms with Gasteiger partial charge in [-0.2, -0.15) is 20.1 Å². The largest absolute Gasteiger partial charge is 0.343 e. The highest BCUT2D eigenvalue weighted by molar-refractivity contribution is 7.99. The van der Waals surface area contributed by atoms with Gasteiger partial charge in [-0.05, 0) is 17.8 Å². The van der Waals surface area contributed by atoms with Crippen molar-refractivity contribution in [3.05, 3.63) is 28.9 Å². The molecule has 4 N–H and O–H groups in total. The van der Waals surface area contributed by atoms with Crippen LogP contribution in [0.1, 0.15) is 0 Å². The highest BCUT2D eigenvalue weighted by Crippen LogP contribution is 2.22. The zero-order chi connectivity index (χ0) is 14.8. The number of nitrogens with one attached hydrogen (secondary N) is 2. The van der Waals surface area contributed by atoms with E-state index in [0.29, 0.717) is 16.3 Å². The van der Waals surface area contributed by atoms with Crippen molar-refractivity contribution in [1.82, 2.24) is 39.5 Å².